The highest BCUT2D eigenvalue weighted by atomic mass is 16.6. The van der Waals surface area contributed by atoms with E-state index in [9.17, 15) is 9.59 Å². The van der Waals surface area contributed by atoms with E-state index in [0.717, 1.165) is 11.1 Å². The van der Waals surface area contributed by atoms with Crippen LogP contribution in [0.1, 0.15) is 31.3 Å². The lowest BCUT2D eigenvalue weighted by atomic mass is 10.1. The van der Waals surface area contributed by atoms with Crippen LogP contribution in [-0.4, -0.2) is 41.2 Å². The van der Waals surface area contributed by atoms with Gasteiger partial charge in [0.25, 0.3) is 5.91 Å². The van der Waals surface area contributed by atoms with Crippen molar-refractivity contribution in [2.24, 2.45) is 7.05 Å². The predicted molar refractivity (Wildman–Crippen MR) is 98.7 cm³/mol. The fourth-order valence-electron chi connectivity index (χ4n) is 2.33. The third-order valence-electron chi connectivity index (χ3n) is 3.49. The summed E-state index contributed by atoms with van der Waals surface area (Å²) < 4.78 is 7.04. The van der Waals surface area contributed by atoms with Gasteiger partial charge in [-0.1, -0.05) is 12.1 Å². The molecular weight excluding hydrogens is 318 g/mol. The first kappa shape index (κ1) is 18.6. The van der Waals surface area contributed by atoms with Crippen LogP contribution in [0.2, 0.25) is 0 Å². The smallest absolute Gasteiger partial charge is 0.412 e. The zero-order valence-electron chi connectivity index (χ0n) is 15.6. The predicted octanol–water partition coefficient (Wildman–Crippen LogP) is 3.74. The number of carbonyl (C=O) groups is 2. The molecule has 0 spiro atoms. The van der Waals surface area contributed by atoms with Crippen molar-refractivity contribution in [1.82, 2.24) is 9.47 Å². The second-order valence-electron chi connectivity index (χ2n) is 7.13. The van der Waals surface area contributed by atoms with E-state index in [-0.39, 0.29) is 5.91 Å². The first-order chi connectivity index (χ1) is 11.6. The molecule has 25 heavy (non-hydrogen) atoms. The van der Waals surface area contributed by atoms with Crippen LogP contribution in [0.4, 0.5) is 10.5 Å². The number of aromatic nitrogens is 1. The lowest BCUT2D eigenvalue weighted by Crippen LogP contribution is -2.27. The number of hydrogen-bond donors (Lipinski definition) is 1. The number of hydrogen-bond acceptors (Lipinski definition) is 3. The Labute approximate surface area is 148 Å². The van der Waals surface area contributed by atoms with Gasteiger partial charge in [-0.25, -0.2) is 4.79 Å². The van der Waals surface area contributed by atoms with Gasteiger partial charge in [0.2, 0.25) is 0 Å². The van der Waals surface area contributed by atoms with Crippen LogP contribution in [0.15, 0.2) is 36.5 Å². The Kier molecular flexibility index (Phi) is 5.21. The molecule has 2 rings (SSSR count). The summed E-state index contributed by atoms with van der Waals surface area (Å²) in [6.07, 6.45) is 1.42. The molecule has 0 bridgehead atoms. The highest BCUT2D eigenvalue weighted by Gasteiger charge is 2.17. The van der Waals surface area contributed by atoms with Gasteiger partial charge in [0, 0.05) is 38.6 Å². The first-order valence-electron chi connectivity index (χ1n) is 8.05. The third-order valence-corrected chi connectivity index (χ3v) is 3.49. The summed E-state index contributed by atoms with van der Waals surface area (Å²) in [7, 11) is 5.30. The minimum Gasteiger partial charge on any atom is -0.444 e. The summed E-state index contributed by atoms with van der Waals surface area (Å²) in [5, 5.41) is 2.70. The highest BCUT2D eigenvalue weighted by molar-refractivity contribution is 5.94. The average molecular weight is 343 g/mol. The van der Waals surface area contributed by atoms with Crippen LogP contribution in [0, 0.1) is 0 Å². The summed E-state index contributed by atoms with van der Waals surface area (Å²) >= 11 is 0. The monoisotopic (exact) mass is 343 g/mol. The molecule has 6 nitrogen and oxygen atoms in total. The number of amides is 2. The Morgan fingerprint density at radius 1 is 1.08 bits per heavy atom. The molecule has 0 saturated heterocycles. The van der Waals surface area contributed by atoms with E-state index < -0.39 is 11.7 Å². The number of benzene rings is 1. The van der Waals surface area contributed by atoms with Gasteiger partial charge in [-0.15, -0.1) is 0 Å². The van der Waals surface area contributed by atoms with Crippen LogP contribution >= 0.6 is 0 Å². The molecule has 0 aliphatic heterocycles. The second-order valence-corrected chi connectivity index (χ2v) is 7.13. The Bertz CT molecular complexity index is 768. The average Bonchev–Trinajstić information content (AvgIpc) is 2.87. The highest BCUT2D eigenvalue weighted by Crippen LogP contribution is 2.24. The summed E-state index contributed by atoms with van der Waals surface area (Å²) in [6, 6.07) is 9.26. The van der Waals surface area contributed by atoms with Crippen molar-refractivity contribution in [3.63, 3.8) is 0 Å². The number of anilines is 1. The molecule has 0 fully saturated rings. The third kappa shape index (κ3) is 4.86. The molecule has 1 heterocycles. The molecule has 2 amide bonds. The molecule has 0 radical (unpaired) electrons. The van der Waals surface area contributed by atoms with E-state index in [1.165, 1.54) is 0 Å². The molecule has 0 unspecified atom stereocenters. The largest absolute Gasteiger partial charge is 0.444 e. The molecule has 1 aromatic carbocycles. The summed E-state index contributed by atoms with van der Waals surface area (Å²) in [4.78, 5) is 25.5. The van der Waals surface area contributed by atoms with Gasteiger partial charge in [-0.3, -0.25) is 10.1 Å². The normalized spacial score (nSPS) is 11.1. The molecule has 6 heteroatoms. The topological polar surface area (TPSA) is 63.6 Å². The Hall–Kier alpha value is -2.76. The van der Waals surface area contributed by atoms with E-state index in [0.29, 0.717) is 11.4 Å². The summed E-state index contributed by atoms with van der Waals surface area (Å²) in [5.74, 6) is -0.0445. The second kappa shape index (κ2) is 7.01. The molecule has 0 saturated carbocycles. The number of aryl methyl sites for hydroxylation is 1. The molecule has 1 N–H and O–H groups in total. The van der Waals surface area contributed by atoms with Crippen molar-refractivity contribution >= 4 is 17.7 Å². The van der Waals surface area contributed by atoms with E-state index in [1.807, 2.05) is 56.8 Å². The minimum absolute atomic E-state index is 0.0445. The molecular formula is C19H25N3O3. The standard InChI is InChI=1S/C19H25N3O3/c1-19(2,3)25-18(24)20-15-9-7-13(8-10-15)14-11-16(22(6)12-14)17(23)21(4)5/h7-12H,1-6H3,(H,20,24). The maximum Gasteiger partial charge on any atom is 0.412 e. The SMILES string of the molecule is CN(C)C(=O)c1cc(-c2ccc(NC(=O)OC(C)(C)C)cc2)cn1C. The van der Waals surface area contributed by atoms with Gasteiger partial charge in [-0.05, 0) is 44.5 Å². The number of ether oxygens (including phenoxy) is 1. The quantitative estimate of drug-likeness (QED) is 0.923. The molecule has 0 atom stereocenters. The van der Waals surface area contributed by atoms with Crippen molar-refractivity contribution in [3.8, 4) is 11.1 Å². The number of rotatable bonds is 3. The molecule has 2 aromatic rings. The maximum absolute atomic E-state index is 12.1. The van der Waals surface area contributed by atoms with Crippen molar-refractivity contribution in [2.45, 2.75) is 26.4 Å². The van der Waals surface area contributed by atoms with E-state index >= 15 is 0 Å². The van der Waals surface area contributed by atoms with Crippen LogP contribution < -0.4 is 5.32 Å². The first-order valence-corrected chi connectivity index (χ1v) is 8.05. The van der Waals surface area contributed by atoms with E-state index in [1.54, 1.807) is 31.1 Å². The molecule has 0 aliphatic carbocycles. The maximum atomic E-state index is 12.1. The van der Waals surface area contributed by atoms with E-state index in [2.05, 4.69) is 5.32 Å². The molecule has 0 aliphatic rings. The van der Waals surface area contributed by atoms with Crippen molar-refractivity contribution < 1.29 is 14.3 Å². The van der Waals surface area contributed by atoms with Crippen molar-refractivity contribution in [2.75, 3.05) is 19.4 Å². The zero-order valence-corrected chi connectivity index (χ0v) is 15.6. The van der Waals surface area contributed by atoms with Gasteiger partial charge >= 0.3 is 6.09 Å². The van der Waals surface area contributed by atoms with Gasteiger partial charge < -0.3 is 14.2 Å². The Morgan fingerprint density at radius 3 is 2.20 bits per heavy atom. The number of nitrogens with zero attached hydrogens (tertiary/aromatic N) is 2. The van der Waals surface area contributed by atoms with Crippen LogP contribution in [-0.2, 0) is 11.8 Å². The van der Waals surface area contributed by atoms with Crippen molar-refractivity contribution in [1.29, 1.82) is 0 Å². The van der Waals surface area contributed by atoms with Crippen molar-refractivity contribution in [3.05, 3.63) is 42.2 Å². The van der Waals surface area contributed by atoms with Crippen LogP contribution in [0.3, 0.4) is 0 Å². The minimum atomic E-state index is -0.538. The van der Waals surface area contributed by atoms with Crippen LogP contribution in [0.25, 0.3) is 11.1 Å². The van der Waals surface area contributed by atoms with Gasteiger partial charge in [0.1, 0.15) is 11.3 Å². The van der Waals surface area contributed by atoms with Gasteiger partial charge in [0.05, 0.1) is 0 Å². The molecule has 1 aromatic heterocycles. The van der Waals surface area contributed by atoms with Gasteiger partial charge in [-0.2, -0.15) is 0 Å². The zero-order chi connectivity index (χ0) is 18.8. The fraction of sp³-hybridized carbons (Fsp3) is 0.368. The Morgan fingerprint density at radius 2 is 1.68 bits per heavy atom. The lowest BCUT2D eigenvalue weighted by Gasteiger charge is -2.19. The summed E-state index contributed by atoms with van der Waals surface area (Å²) in [5.41, 5.74) is 2.64. The van der Waals surface area contributed by atoms with E-state index in [4.69, 9.17) is 4.74 Å². The van der Waals surface area contributed by atoms with Crippen LogP contribution in [0.5, 0.6) is 0 Å². The molecule has 134 valence electrons. The Balaban J connectivity index is 2.14. The number of carbonyl (C=O) groups excluding carboxylic acids is 2. The fourth-order valence-corrected chi connectivity index (χ4v) is 2.33. The lowest BCUT2D eigenvalue weighted by molar-refractivity contribution is 0.0635. The summed E-state index contributed by atoms with van der Waals surface area (Å²) in [6.45, 7) is 5.45. The van der Waals surface area contributed by atoms with Gasteiger partial charge in [0.15, 0.2) is 0 Å². The number of nitrogens with one attached hydrogen (secondary N) is 1.